The summed E-state index contributed by atoms with van der Waals surface area (Å²) >= 11 is 1.33. The first-order chi connectivity index (χ1) is 13.4. The molecular weight excluding hydrogens is 374 g/mol. The fourth-order valence-electron chi connectivity index (χ4n) is 2.73. The van der Waals surface area contributed by atoms with Gasteiger partial charge in [-0.1, -0.05) is 54.2 Å². The van der Waals surface area contributed by atoms with Crippen molar-refractivity contribution in [3.05, 3.63) is 65.7 Å². The molecule has 7 heteroatoms. The molecule has 1 amide bonds. The van der Waals surface area contributed by atoms with Crippen LogP contribution in [0.4, 0.5) is 5.69 Å². The number of anilines is 1. The van der Waals surface area contributed by atoms with E-state index in [1.165, 1.54) is 18.9 Å². The number of amides is 1. The van der Waals surface area contributed by atoms with Crippen molar-refractivity contribution in [2.24, 2.45) is 9.98 Å². The summed E-state index contributed by atoms with van der Waals surface area (Å²) < 4.78 is 4.76. The summed E-state index contributed by atoms with van der Waals surface area (Å²) in [4.78, 5) is 33.6. The first-order valence-electron chi connectivity index (χ1n) is 8.75. The lowest BCUT2D eigenvalue weighted by atomic mass is 10.1. The third-order valence-corrected chi connectivity index (χ3v) is 4.92. The van der Waals surface area contributed by atoms with Crippen LogP contribution < -0.4 is 5.32 Å². The van der Waals surface area contributed by atoms with Crippen molar-refractivity contribution in [3.63, 3.8) is 0 Å². The Labute approximate surface area is 168 Å². The summed E-state index contributed by atoms with van der Waals surface area (Å²) in [6.07, 6.45) is 0. The predicted octanol–water partition coefficient (Wildman–Crippen LogP) is 3.78. The number of hydrogen-bond acceptors (Lipinski definition) is 6. The van der Waals surface area contributed by atoms with E-state index in [1.807, 2.05) is 44.2 Å². The molecule has 0 aromatic heterocycles. The Kier molecular flexibility index (Phi) is 5.94. The van der Waals surface area contributed by atoms with Gasteiger partial charge in [-0.05, 0) is 26.0 Å². The van der Waals surface area contributed by atoms with Crippen molar-refractivity contribution in [2.75, 3.05) is 18.2 Å². The van der Waals surface area contributed by atoms with Gasteiger partial charge in [0.15, 0.2) is 0 Å². The number of methoxy groups -OCH3 is 1. The van der Waals surface area contributed by atoms with Crippen LogP contribution in [-0.2, 0) is 9.53 Å². The molecule has 2 aromatic carbocycles. The van der Waals surface area contributed by atoms with Crippen molar-refractivity contribution in [2.45, 2.75) is 19.5 Å². The summed E-state index contributed by atoms with van der Waals surface area (Å²) in [7, 11) is 1.31. The van der Waals surface area contributed by atoms with Gasteiger partial charge >= 0.3 is 5.97 Å². The molecule has 0 atom stereocenters. The van der Waals surface area contributed by atoms with E-state index in [-0.39, 0.29) is 11.7 Å². The second-order valence-electron chi connectivity index (χ2n) is 6.61. The third kappa shape index (κ3) is 4.67. The molecular formula is C21H21N3O3S. The zero-order valence-electron chi connectivity index (χ0n) is 15.9. The fourth-order valence-corrected chi connectivity index (χ4v) is 3.66. The largest absolute Gasteiger partial charge is 0.465 e. The average Bonchev–Trinajstić information content (AvgIpc) is 3.01. The van der Waals surface area contributed by atoms with Gasteiger partial charge in [0.25, 0.3) is 0 Å². The standard InChI is InChI=1S/C21H21N3O3S/c1-21(2)23-18(14-9-5-4-6-10-14)19(24-21)28-13-17(25)22-16-12-8-7-11-15(16)20(26)27-3/h4-12H,13H2,1-3H3,(H,22,25). The van der Waals surface area contributed by atoms with E-state index in [2.05, 4.69) is 15.3 Å². The lowest BCUT2D eigenvalue weighted by molar-refractivity contribution is -0.113. The zero-order chi connectivity index (χ0) is 20.1. The third-order valence-electron chi connectivity index (χ3n) is 3.96. The highest BCUT2D eigenvalue weighted by Gasteiger charge is 2.28. The van der Waals surface area contributed by atoms with E-state index in [0.29, 0.717) is 11.3 Å². The number of carbonyl (C=O) groups is 2. The predicted molar refractivity (Wildman–Crippen MR) is 113 cm³/mol. The van der Waals surface area contributed by atoms with E-state index < -0.39 is 11.6 Å². The summed E-state index contributed by atoms with van der Waals surface area (Å²) in [6, 6.07) is 16.5. The van der Waals surface area contributed by atoms with Crippen LogP contribution in [0.15, 0.2) is 64.6 Å². The molecule has 0 unspecified atom stereocenters. The minimum Gasteiger partial charge on any atom is -0.465 e. The quantitative estimate of drug-likeness (QED) is 0.781. The van der Waals surface area contributed by atoms with E-state index in [0.717, 1.165) is 16.3 Å². The molecule has 2 aromatic rings. The number of hydrogen-bond donors (Lipinski definition) is 1. The molecule has 1 heterocycles. The number of para-hydroxylation sites is 1. The summed E-state index contributed by atoms with van der Waals surface area (Å²) in [5.74, 6) is -0.582. The molecule has 144 valence electrons. The normalized spacial score (nSPS) is 14.8. The Morgan fingerprint density at radius 2 is 1.71 bits per heavy atom. The van der Waals surface area contributed by atoms with Gasteiger partial charge in [-0.15, -0.1) is 0 Å². The molecule has 0 fully saturated rings. The molecule has 0 spiro atoms. The van der Waals surface area contributed by atoms with Gasteiger partial charge in [-0.3, -0.25) is 9.79 Å². The SMILES string of the molecule is COC(=O)c1ccccc1NC(=O)CSC1=NC(C)(C)N=C1c1ccccc1. The Morgan fingerprint density at radius 3 is 2.43 bits per heavy atom. The molecule has 0 radical (unpaired) electrons. The Balaban J connectivity index is 1.70. The number of benzene rings is 2. The number of ether oxygens (including phenoxy) is 1. The molecule has 28 heavy (non-hydrogen) atoms. The highest BCUT2D eigenvalue weighted by Crippen LogP contribution is 2.27. The second-order valence-corrected chi connectivity index (χ2v) is 7.58. The minimum absolute atomic E-state index is 0.149. The lowest BCUT2D eigenvalue weighted by Gasteiger charge is -2.10. The minimum atomic E-state index is -0.554. The number of thioether (sulfide) groups is 1. The van der Waals surface area contributed by atoms with Crippen molar-refractivity contribution < 1.29 is 14.3 Å². The Bertz CT molecular complexity index is 952. The second kappa shape index (κ2) is 8.39. The van der Waals surface area contributed by atoms with Gasteiger partial charge in [-0.25, -0.2) is 9.79 Å². The van der Waals surface area contributed by atoms with Crippen LogP contribution >= 0.6 is 11.8 Å². The molecule has 1 N–H and O–H groups in total. The molecule has 0 bridgehead atoms. The molecule has 3 rings (SSSR count). The molecule has 1 aliphatic heterocycles. The van der Waals surface area contributed by atoms with E-state index in [1.54, 1.807) is 24.3 Å². The summed E-state index contributed by atoms with van der Waals surface area (Å²) in [6.45, 7) is 3.85. The van der Waals surface area contributed by atoms with Crippen molar-refractivity contribution >= 4 is 40.1 Å². The van der Waals surface area contributed by atoms with E-state index >= 15 is 0 Å². The average molecular weight is 395 g/mol. The van der Waals surface area contributed by atoms with Gasteiger partial charge < -0.3 is 10.1 Å². The number of nitrogens with zero attached hydrogens (tertiary/aromatic N) is 2. The van der Waals surface area contributed by atoms with Gasteiger partial charge in [0, 0.05) is 5.56 Å². The number of rotatable bonds is 5. The topological polar surface area (TPSA) is 80.1 Å². The maximum atomic E-state index is 12.5. The first kappa shape index (κ1) is 19.8. The van der Waals surface area contributed by atoms with Gasteiger partial charge in [-0.2, -0.15) is 0 Å². The van der Waals surface area contributed by atoms with Crippen LogP contribution in [0.3, 0.4) is 0 Å². The first-order valence-corrected chi connectivity index (χ1v) is 9.74. The van der Waals surface area contributed by atoms with Crippen LogP contribution in [0, 0.1) is 0 Å². The highest BCUT2D eigenvalue weighted by atomic mass is 32.2. The van der Waals surface area contributed by atoms with Gasteiger partial charge in [0.1, 0.15) is 10.7 Å². The molecule has 1 aliphatic rings. The van der Waals surface area contributed by atoms with Crippen LogP contribution in [0.2, 0.25) is 0 Å². The number of carbonyl (C=O) groups excluding carboxylic acids is 2. The smallest absolute Gasteiger partial charge is 0.339 e. The number of aliphatic imine (C=N–C) groups is 2. The Morgan fingerprint density at radius 1 is 1.04 bits per heavy atom. The maximum Gasteiger partial charge on any atom is 0.339 e. The summed E-state index contributed by atoms with van der Waals surface area (Å²) in [5.41, 5.74) is 1.94. The van der Waals surface area contributed by atoms with Crippen molar-refractivity contribution in [1.29, 1.82) is 0 Å². The van der Waals surface area contributed by atoms with E-state index in [9.17, 15) is 9.59 Å². The zero-order valence-corrected chi connectivity index (χ0v) is 16.7. The maximum absolute atomic E-state index is 12.5. The van der Waals surface area contributed by atoms with Gasteiger partial charge in [0.2, 0.25) is 5.91 Å². The van der Waals surface area contributed by atoms with Gasteiger partial charge in [0.05, 0.1) is 29.8 Å². The highest BCUT2D eigenvalue weighted by molar-refractivity contribution is 8.16. The monoisotopic (exact) mass is 395 g/mol. The molecule has 6 nitrogen and oxygen atoms in total. The van der Waals surface area contributed by atoms with Crippen LogP contribution in [0.1, 0.15) is 29.8 Å². The Hall–Kier alpha value is -2.93. The molecule has 0 aliphatic carbocycles. The van der Waals surface area contributed by atoms with Crippen molar-refractivity contribution in [1.82, 2.24) is 0 Å². The molecule has 0 saturated heterocycles. The van der Waals surface area contributed by atoms with Crippen LogP contribution in [0.25, 0.3) is 0 Å². The summed E-state index contributed by atoms with van der Waals surface area (Å²) in [5, 5.41) is 3.50. The lowest BCUT2D eigenvalue weighted by Crippen LogP contribution is -2.19. The van der Waals surface area contributed by atoms with E-state index in [4.69, 9.17) is 4.74 Å². The number of esters is 1. The number of nitrogens with one attached hydrogen (secondary N) is 1. The molecule has 0 saturated carbocycles. The van der Waals surface area contributed by atoms with Crippen molar-refractivity contribution in [3.8, 4) is 0 Å². The fraction of sp³-hybridized carbons (Fsp3) is 0.238. The van der Waals surface area contributed by atoms with Crippen LogP contribution in [-0.4, -0.2) is 41.2 Å². The van der Waals surface area contributed by atoms with Crippen LogP contribution in [0.5, 0.6) is 0 Å².